The second-order valence-corrected chi connectivity index (χ2v) is 5.03. The predicted octanol–water partition coefficient (Wildman–Crippen LogP) is 1.65. The van der Waals surface area contributed by atoms with E-state index in [0.717, 1.165) is 6.42 Å². The maximum atomic E-state index is 11.8. The Morgan fingerprint density at radius 2 is 2.06 bits per heavy atom. The lowest BCUT2D eigenvalue weighted by Gasteiger charge is -2.19. The summed E-state index contributed by atoms with van der Waals surface area (Å²) >= 11 is 0. The van der Waals surface area contributed by atoms with Gasteiger partial charge in [-0.05, 0) is 12.5 Å². The van der Waals surface area contributed by atoms with Gasteiger partial charge in [0.15, 0.2) is 0 Å². The van der Waals surface area contributed by atoms with Crippen molar-refractivity contribution in [2.75, 3.05) is 0 Å². The van der Waals surface area contributed by atoms with Gasteiger partial charge in [0.25, 0.3) is 5.56 Å². The summed E-state index contributed by atoms with van der Waals surface area (Å²) in [7, 11) is 0. The van der Waals surface area contributed by atoms with Gasteiger partial charge in [-0.25, -0.2) is 9.48 Å². The lowest BCUT2D eigenvalue weighted by Crippen LogP contribution is -2.32. The number of hydrogen-bond acceptors (Lipinski definition) is 3. The first-order chi connectivity index (χ1) is 7.77. The summed E-state index contributed by atoms with van der Waals surface area (Å²) in [4.78, 5) is 22.8. The van der Waals surface area contributed by atoms with Crippen molar-refractivity contribution in [1.29, 1.82) is 0 Å². The molecule has 5 heteroatoms. The molecule has 0 amide bonds. The molecule has 0 atom stereocenters. The number of aromatic carboxylic acids is 1. The molecule has 1 aromatic heterocycles. The van der Waals surface area contributed by atoms with Crippen LogP contribution in [0.25, 0.3) is 0 Å². The number of hydrogen-bond donors (Lipinski definition) is 1. The fourth-order valence-electron chi connectivity index (χ4n) is 1.42. The van der Waals surface area contributed by atoms with E-state index in [2.05, 4.69) is 5.10 Å². The van der Waals surface area contributed by atoms with Crippen LogP contribution in [0, 0.1) is 0 Å². The molecule has 1 aromatic rings. The first-order valence-electron chi connectivity index (χ1n) is 5.63. The molecule has 0 aliphatic rings. The van der Waals surface area contributed by atoms with Crippen LogP contribution in [0.5, 0.6) is 0 Å². The van der Waals surface area contributed by atoms with Crippen molar-refractivity contribution in [1.82, 2.24) is 9.78 Å². The molecule has 0 aliphatic carbocycles. The minimum atomic E-state index is -1.20. The van der Waals surface area contributed by atoms with Gasteiger partial charge in [-0.3, -0.25) is 4.79 Å². The first kappa shape index (κ1) is 13.4. The second kappa shape index (κ2) is 4.69. The first-order valence-corrected chi connectivity index (χ1v) is 5.63. The second-order valence-electron chi connectivity index (χ2n) is 5.03. The molecular weight excluding hydrogens is 220 g/mol. The normalized spacial score (nSPS) is 11.5. The van der Waals surface area contributed by atoms with Crippen molar-refractivity contribution in [3.05, 3.63) is 27.7 Å². The average molecular weight is 238 g/mol. The monoisotopic (exact) mass is 238 g/mol. The van der Waals surface area contributed by atoms with E-state index in [1.807, 2.05) is 27.7 Å². The van der Waals surface area contributed by atoms with E-state index in [9.17, 15) is 9.59 Å². The third-order valence-corrected chi connectivity index (χ3v) is 2.41. The number of carbonyl (C=O) groups is 1. The van der Waals surface area contributed by atoms with E-state index in [4.69, 9.17) is 5.11 Å². The summed E-state index contributed by atoms with van der Waals surface area (Å²) in [5.74, 6) is -1.20. The van der Waals surface area contributed by atoms with Gasteiger partial charge >= 0.3 is 5.97 Å². The SMILES string of the molecule is CCCn1nc(C(C)(C)C)cc(C(=O)O)c1=O. The summed E-state index contributed by atoms with van der Waals surface area (Å²) in [5, 5.41) is 13.2. The van der Waals surface area contributed by atoms with Gasteiger partial charge in [-0.1, -0.05) is 27.7 Å². The van der Waals surface area contributed by atoms with Crippen LogP contribution in [0.4, 0.5) is 0 Å². The minimum Gasteiger partial charge on any atom is -0.477 e. The zero-order valence-electron chi connectivity index (χ0n) is 10.6. The van der Waals surface area contributed by atoms with E-state index in [1.54, 1.807) is 0 Å². The molecule has 0 aliphatic heterocycles. The van der Waals surface area contributed by atoms with Crippen molar-refractivity contribution >= 4 is 5.97 Å². The molecule has 0 unspecified atom stereocenters. The lowest BCUT2D eigenvalue weighted by molar-refractivity contribution is 0.0693. The molecule has 0 fully saturated rings. The Labute approximate surface area is 100 Å². The molecule has 0 spiro atoms. The van der Waals surface area contributed by atoms with E-state index in [0.29, 0.717) is 12.2 Å². The summed E-state index contributed by atoms with van der Waals surface area (Å²) in [6.45, 7) is 8.15. The highest BCUT2D eigenvalue weighted by Crippen LogP contribution is 2.19. The van der Waals surface area contributed by atoms with Crippen LogP contribution in [0.2, 0.25) is 0 Å². The van der Waals surface area contributed by atoms with Crippen LogP contribution in [0.1, 0.15) is 50.2 Å². The van der Waals surface area contributed by atoms with Crippen LogP contribution in [0.15, 0.2) is 10.9 Å². The fraction of sp³-hybridized carbons (Fsp3) is 0.583. The van der Waals surface area contributed by atoms with Gasteiger partial charge in [0, 0.05) is 12.0 Å². The third kappa shape index (κ3) is 2.93. The summed E-state index contributed by atoms with van der Waals surface area (Å²) < 4.78 is 1.24. The number of aryl methyl sites for hydroxylation is 1. The van der Waals surface area contributed by atoms with Crippen LogP contribution >= 0.6 is 0 Å². The molecule has 94 valence electrons. The van der Waals surface area contributed by atoms with E-state index < -0.39 is 11.5 Å². The largest absolute Gasteiger partial charge is 0.477 e. The molecule has 0 saturated carbocycles. The third-order valence-electron chi connectivity index (χ3n) is 2.41. The molecule has 0 radical (unpaired) electrons. The summed E-state index contributed by atoms with van der Waals surface area (Å²) in [5.41, 5.74) is -0.415. The van der Waals surface area contributed by atoms with Gasteiger partial charge in [-0.15, -0.1) is 0 Å². The van der Waals surface area contributed by atoms with Crippen molar-refractivity contribution < 1.29 is 9.90 Å². The molecule has 0 aromatic carbocycles. The van der Waals surface area contributed by atoms with Crippen LogP contribution in [-0.2, 0) is 12.0 Å². The molecule has 1 rings (SSSR count). The average Bonchev–Trinajstić information content (AvgIpc) is 2.19. The van der Waals surface area contributed by atoms with Crippen LogP contribution in [0.3, 0.4) is 0 Å². The summed E-state index contributed by atoms with van der Waals surface area (Å²) in [6.07, 6.45) is 0.736. The van der Waals surface area contributed by atoms with Crippen LogP contribution < -0.4 is 5.56 Å². The van der Waals surface area contributed by atoms with Gasteiger partial charge in [0.05, 0.1) is 5.69 Å². The van der Waals surface area contributed by atoms with Crippen LogP contribution in [-0.4, -0.2) is 20.9 Å². The smallest absolute Gasteiger partial charge is 0.341 e. The highest BCUT2D eigenvalue weighted by Gasteiger charge is 2.21. The van der Waals surface area contributed by atoms with Gasteiger partial charge in [0.1, 0.15) is 5.56 Å². The molecular formula is C12H18N2O3. The quantitative estimate of drug-likeness (QED) is 0.869. The molecule has 1 heterocycles. The predicted molar refractivity (Wildman–Crippen MR) is 64.4 cm³/mol. The number of carboxylic acid groups (broad SMARTS) is 1. The van der Waals surface area contributed by atoms with E-state index in [1.165, 1.54) is 10.7 Å². The van der Waals surface area contributed by atoms with Crippen molar-refractivity contribution in [3.63, 3.8) is 0 Å². The number of carboxylic acids is 1. The standard InChI is InChI=1S/C12H18N2O3/c1-5-6-14-10(15)8(11(16)17)7-9(13-14)12(2,3)4/h7H,5-6H2,1-4H3,(H,16,17). The zero-order chi connectivity index (χ0) is 13.2. The van der Waals surface area contributed by atoms with E-state index in [-0.39, 0.29) is 11.0 Å². The Morgan fingerprint density at radius 3 is 2.47 bits per heavy atom. The van der Waals surface area contributed by atoms with Gasteiger partial charge in [0.2, 0.25) is 0 Å². The Hall–Kier alpha value is -1.65. The Kier molecular flexibility index (Phi) is 3.70. The molecule has 5 nitrogen and oxygen atoms in total. The summed E-state index contributed by atoms with van der Waals surface area (Å²) in [6, 6.07) is 1.37. The molecule has 1 N–H and O–H groups in total. The van der Waals surface area contributed by atoms with Gasteiger partial charge < -0.3 is 5.11 Å². The number of aromatic nitrogens is 2. The van der Waals surface area contributed by atoms with E-state index >= 15 is 0 Å². The van der Waals surface area contributed by atoms with Crippen molar-refractivity contribution in [2.24, 2.45) is 0 Å². The highest BCUT2D eigenvalue weighted by molar-refractivity contribution is 5.87. The van der Waals surface area contributed by atoms with Crippen molar-refractivity contribution in [2.45, 2.75) is 46.1 Å². The Bertz CT molecular complexity index is 484. The molecule has 17 heavy (non-hydrogen) atoms. The van der Waals surface area contributed by atoms with Gasteiger partial charge in [-0.2, -0.15) is 5.10 Å². The van der Waals surface area contributed by atoms with Crippen molar-refractivity contribution in [3.8, 4) is 0 Å². The fourth-order valence-corrected chi connectivity index (χ4v) is 1.42. The molecule has 0 saturated heterocycles. The Morgan fingerprint density at radius 1 is 1.47 bits per heavy atom. The molecule has 0 bridgehead atoms. The zero-order valence-corrected chi connectivity index (χ0v) is 10.6. The maximum Gasteiger partial charge on any atom is 0.341 e. The number of rotatable bonds is 3. The topological polar surface area (TPSA) is 72.2 Å². The Balaban J connectivity index is 3.48. The lowest BCUT2D eigenvalue weighted by atomic mass is 9.91. The highest BCUT2D eigenvalue weighted by atomic mass is 16.4. The number of nitrogens with zero attached hydrogens (tertiary/aromatic N) is 2. The minimum absolute atomic E-state index is 0.210. The maximum absolute atomic E-state index is 11.8.